The Labute approximate surface area is 126 Å². The van der Waals surface area contributed by atoms with E-state index in [0.29, 0.717) is 6.54 Å². The lowest BCUT2D eigenvalue weighted by Gasteiger charge is -2.14. The van der Waals surface area contributed by atoms with E-state index in [2.05, 4.69) is 15.7 Å². The highest BCUT2D eigenvalue weighted by atomic mass is 35.5. The van der Waals surface area contributed by atoms with Crippen molar-refractivity contribution in [2.75, 3.05) is 13.6 Å². The van der Waals surface area contributed by atoms with Gasteiger partial charge in [-0.3, -0.25) is 9.48 Å². The zero-order valence-corrected chi connectivity index (χ0v) is 13.0. The molecular weight excluding hydrogens is 296 g/mol. The maximum Gasteiger partial charge on any atom is 0.241 e. The summed E-state index contributed by atoms with van der Waals surface area (Å²) in [6.07, 6.45) is 4.31. The molecule has 0 radical (unpaired) electrons. The molecule has 1 atom stereocenters. The number of amides is 1. The number of hydrogen-bond donors (Lipinski definition) is 2. The molecule has 2 N–H and O–H groups in total. The van der Waals surface area contributed by atoms with Gasteiger partial charge in [-0.15, -0.1) is 11.3 Å². The fourth-order valence-corrected chi connectivity index (χ4v) is 3.02. The Morgan fingerprint density at radius 3 is 2.90 bits per heavy atom. The van der Waals surface area contributed by atoms with E-state index in [1.165, 1.54) is 11.3 Å². The van der Waals surface area contributed by atoms with Crippen molar-refractivity contribution in [3.8, 4) is 0 Å². The first-order valence-corrected chi connectivity index (χ1v) is 7.47. The Hall–Kier alpha value is -1.37. The van der Waals surface area contributed by atoms with Crippen molar-refractivity contribution in [2.24, 2.45) is 7.05 Å². The van der Waals surface area contributed by atoms with E-state index in [1.54, 1.807) is 17.9 Å². The number of halogens is 1. The van der Waals surface area contributed by atoms with E-state index in [0.717, 1.165) is 21.2 Å². The standard InChI is InChI=1S/C13H17ClN4OS/c1-15-12(9-7-17-18(2)8-9)13(19)16-6-5-10-3-4-11(14)20-10/h3-4,7-8,12,15H,5-6H2,1-2H3,(H,16,19). The van der Waals surface area contributed by atoms with Gasteiger partial charge in [0.2, 0.25) is 5.91 Å². The van der Waals surface area contributed by atoms with Gasteiger partial charge < -0.3 is 10.6 Å². The minimum atomic E-state index is -0.379. The van der Waals surface area contributed by atoms with Crippen molar-refractivity contribution in [3.63, 3.8) is 0 Å². The fourth-order valence-electron chi connectivity index (χ4n) is 1.94. The van der Waals surface area contributed by atoms with E-state index in [-0.39, 0.29) is 11.9 Å². The van der Waals surface area contributed by atoms with Gasteiger partial charge in [0.05, 0.1) is 10.5 Å². The molecule has 0 saturated carbocycles. The van der Waals surface area contributed by atoms with Crippen LogP contribution < -0.4 is 10.6 Å². The average molecular weight is 313 g/mol. The van der Waals surface area contributed by atoms with Crippen LogP contribution in [0.2, 0.25) is 4.34 Å². The molecule has 2 aromatic rings. The third-order valence-electron chi connectivity index (χ3n) is 2.91. The van der Waals surface area contributed by atoms with E-state index in [1.807, 2.05) is 25.4 Å². The highest BCUT2D eigenvalue weighted by Crippen LogP contribution is 2.21. The number of hydrogen-bond acceptors (Lipinski definition) is 4. The molecule has 1 amide bonds. The predicted octanol–water partition coefficient (Wildman–Crippen LogP) is 1.75. The number of likely N-dealkylation sites (N-methyl/N-ethyl adjacent to an activating group) is 1. The first kappa shape index (κ1) is 15.0. The lowest BCUT2D eigenvalue weighted by atomic mass is 10.1. The summed E-state index contributed by atoms with van der Waals surface area (Å²) in [5.74, 6) is -0.0526. The van der Waals surface area contributed by atoms with Crippen LogP contribution in [0.4, 0.5) is 0 Å². The number of rotatable bonds is 6. The Balaban J connectivity index is 1.86. The molecule has 2 aromatic heterocycles. The second-order valence-corrected chi connectivity index (χ2v) is 6.22. The van der Waals surface area contributed by atoms with E-state index >= 15 is 0 Å². The van der Waals surface area contributed by atoms with Crippen LogP contribution in [0.5, 0.6) is 0 Å². The Kier molecular flexibility index (Phi) is 5.17. The number of nitrogens with one attached hydrogen (secondary N) is 2. The van der Waals surface area contributed by atoms with Crippen molar-refractivity contribution in [1.29, 1.82) is 0 Å². The normalized spacial score (nSPS) is 12.3. The van der Waals surface area contributed by atoms with E-state index < -0.39 is 0 Å². The van der Waals surface area contributed by atoms with Crippen molar-refractivity contribution >= 4 is 28.8 Å². The number of carbonyl (C=O) groups is 1. The Morgan fingerprint density at radius 1 is 1.55 bits per heavy atom. The minimum absolute atomic E-state index is 0.0526. The van der Waals surface area contributed by atoms with Crippen molar-refractivity contribution in [3.05, 3.63) is 39.3 Å². The third-order valence-corrected chi connectivity index (χ3v) is 4.20. The van der Waals surface area contributed by atoms with Gasteiger partial charge in [-0.05, 0) is 25.6 Å². The molecule has 0 aliphatic rings. The third kappa shape index (κ3) is 3.82. The van der Waals surface area contributed by atoms with Gasteiger partial charge in [-0.25, -0.2) is 0 Å². The quantitative estimate of drug-likeness (QED) is 0.854. The van der Waals surface area contributed by atoms with Crippen LogP contribution in [0, 0.1) is 0 Å². The maximum absolute atomic E-state index is 12.1. The van der Waals surface area contributed by atoms with Crippen LogP contribution in [0.25, 0.3) is 0 Å². The average Bonchev–Trinajstić information content (AvgIpc) is 3.00. The first-order valence-electron chi connectivity index (χ1n) is 6.28. The summed E-state index contributed by atoms with van der Waals surface area (Å²) in [7, 11) is 3.59. The molecule has 0 aromatic carbocycles. The van der Waals surface area contributed by atoms with Crippen molar-refractivity contribution < 1.29 is 4.79 Å². The van der Waals surface area contributed by atoms with Crippen LogP contribution in [-0.2, 0) is 18.3 Å². The molecule has 20 heavy (non-hydrogen) atoms. The van der Waals surface area contributed by atoms with Gasteiger partial charge >= 0.3 is 0 Å². The molecule has 2 heterocycles. The monoisotopic (exact) mass is 312 g/mol. The lowest BCUT2D eigenvalue weighted by molar-refractivity contribution is -0.123. The van der Waals surface area contributed by atoms with Gasteiger partial charge in [0.25, 0.3) is 0 Å². The molecule has 1 unspecified atom stereocenters. The van der Waals surface area contributed by atoms with Crippen LogP contribution in [0.15, 0.2) is 24.5 Å². The number of thiophene rings is 1. The molecular formula is C13H17ClN4OS. The molecule has 108 valence electrons. The predicted molar refractivity (Wildman–Crippen MR) is 81.1 cm³/mol. The highest BCUT2D eigenvalue weighted by molar-refractivity contribution is 7.16. The summed E-state index contributed by atoms with van der Waals surface area (Å²) in [6, 6.07) is 3.47. The minimum Gasteiger partial charge on any atom is -0.354 e. The van der Waals surface area contributed by atoms with Crippen LogP contribution in [0.1, 0.15) is 16.5 Å². The number of carbonyl (C=O) groups excluding carboxylic acids is 1. The maximum atomic E-state index is 12.1. The molecule has 0 bridgehead atoms. The molecule has 0 saturated heterocycles. The van der Waals surface area contributed by atoms with Gasteiger partial charge in [0.15, 0.2) is 0 Å². The second-order valence-electron chi connectivity index (χ2n) is 4.42. The van der Waals surface area contributed by atoms with E-state index in [4.69, 9.17) is 11.6 Å². The summed E-state index contributed by atoms with van der Waals surface area (Å²) in [4.78, 5) is 13.3. The second kappa shape index (κ2) is 6.88. The SMILES string of the molecule is CNC(C(=O)NCCc1ccc(Cl)s1)c1cnn(C)c1. The van der Waals surface area contributed by atoms with Crippen LogP contribution >= 0.6 is 22.9 Å². The topological polar surface area (TPSA) is 59.0 Å². The highest BCUT2D eigenvalue weighted by Gasteiger charge is 2.19. The molecule has 0 fully saturated rings. The molecule has 0 aliphatic heterocycles. The van der Waals surface area contributed by atoms with Crippen LogP contribution in [-0.4, -0.2) is 29.3 Å². The number of nitrogens with zero attached hydrogens (tertiary/aromatic N) is 2. The van der Waals surface area contributed by atoms with E-state index in [9.17, 15) is 4.79 Å². The summed E-state index contributed by atoms with van der Waals surface area (Å²) >= 11 is 7.41. The summed E-state index contributed by atoms with van der Waals surface area (Å²) in [5.41, 5.74) is 0.853. The number of aromatic nitrogens is 2. The Bertz CT molecular complexity index is 580. The fraction of sp³-hybridized carbons (Fsp3) is 0.385. The summed E-state index contributed by atoms with van der Waals surface area (Å²) in [5, 5.41) is 10.0. The first-order chi connectivity index (χ1) is 9.60. The molecule has 5 nitrogen and oxygen atoms in total. The summed E-state index contributed by atoms with van der Waals surface area (Å²) in [6.45, 7) is 0.591. The molecule has 0 aliphatic carbocycles. The van der Waals surface area contributed by atoms with Crippen LogP contribution in [0.3, 0.4) is 0 Å². The zero-order valence-electron chi connectivity index (χ0n) is 11.4. The van der Waals surface area contributed by atoms with Crippen molar-refractivity contribution in [2.45, 2.75) is 12.5 Å². The van der Waals surface area contributed by atoms with Gasteiger partial charge in [0, 0.05) is 30.2 Å². The summed E-state index contributed by atoms with van der Waals surface area (Å²) < 4.78 is 2.45. The smallest absolute Gasteiger partial charge is 0.241 e. The van der Waals surface area contributed by atoms with Crippen molar-refractivity contribution in [1.82, 2.24) is 20.4 Å². The van der Waals surface area contributed by atoms with Gasteiger partial charge in [-0.1, -0.05) is 11.6 Å². The Morgan fingerprint density at radius 2 is 2.35 bits per heavy atom. The molecule has 7 heteroatoms. The van der Waals surface area contributed by atoms with Gasteiger partial charge in [-0.2, -0.15) is 5.10 Å². The lowest BCUT2D eigenvalue weighted by Crippen LogP contribution is -2.36. The molecule has 2 rings (SSSR count). The molecule has 0 spiro atoms. The number of aryl methyl sites for hydroxylation is 1. The largest absolute Gasteiger partial charge is 0.354 e. The van der Waals surface area contributed by atoms with Gasteiger partial charge in [0.1, 0.15) is 6.04 Å². The zero-order chi connectivity index (χ0) is 14.5.